The van der Waals surface area contributed by atoms with Gasteiger partial charge >= 0.3 is 0 Å². The number of rotatable bonds is 5. The van der Waals surface area contributed by atoms with Crippen LogP contribution in [0.5, 0.6) is 0 Å². The van der Waals surface area contributed by atoms with E-state index in [9.17, 15) is 4.79 Å². The number of aryl methyl sites for hydroxylation is 1. The first-order valence-corrected chi connectivity index (χ1v) is 9.49. The summed E-state index contributed by atoms with van der Waals surface area (Å²) < 4.78 is 1.90. The van der Waals surface area contributed by atoms with Crippen LogP contribution < -0.4 is 5.32 Å². The van der Waals surface area contributed by atoms with Crippen LogP contribution in [0.15, 0.2) is 41.6 Å². The number of hydrogen-bond acceptors (Lipinski definition) is 4. The number of carbonyl (C=O) groups excluding carboxylic acids is 1. The van der Waals surface area contributed by atoms with Crippen molar-refractivity contribution in [3.8, 4) is 11.3 Å². The van der Waals surface area contributed by atoms with Gasteiger partial charge in [0, 0.05) is 23.1 Å². The van der Waals surface area contributed by atoms with Gasteiger partial charge in [-0.1, -0.05) is 26.0 Å². The lowest BCUT2D eigenvalue weighted by atomic mass is 10.1. The molecule has 0 saturated heterocycles. The molecule has 1 amide bonds. The molecule has 0 aliphatic heterocycles. The highest BCUT2D eigenvalue weighted by atomic mass is 32.2. The molecule has 1 aromatic carbocycles. The quantitative estimate of drug-likeness (QED) is 0.690. The maximum Gasteiger partial charge on any atom is 0.225 e. The zero-order valence-electron chi connectivity index (χ0n) is 14.9. The predicted molar refractivity (Wildman–Crippen MR) is 103 cm³/mol. The molecule has 0 saturated carbocycles. The van der Waals surface area contributed by atoms with Crippen molar-refractivity contribution in [2.24, 2.45) is 5.92 Å². The van der Waals surface area contributed by atoms with E-state index >= 15 is 0 Å². The number of aromatic nitrogens is 3. The first kappa shape index (κ1) is 17.5. The molecule has 1 N–H and O–H groups in total. The van der Waals surface area contributed by atoms with Crippen molar-refractivity contribution in [3.05, 3.63) is 42.4 Å². The van der Waals surface area contributed by atoms with Crippen LogP contribution in [0, 0.1) is 12.8 Å². The standard InChI is InChI=1S/C19H22N4OS/c1-12(2)9-18(24)22-19-13(3)21-17-10-20-16(11-23(17)19)14-5-7-15(25-4)8-6-14/h5-8,10-12H,9H2,1-4H3,(H,22,24). The fraction of sp³-hybridized carbons (Fsp3) is 0.316. The van der Waals surface area contributed by atoms with Crippen molar-refractivity contribution in [2.45, 2.75) is 32.1 Å². The summed E-state index contributed by atoms with van der Waals surface area (Å²) in [6.45, 7) is 5.95. The Morgan fingerprint density at radius 2 is 2.00 bits per heavy atom. The summed E-state index contributed by atoms with van der Waals surface area (Å²) in [6, 6.07) is 8.27. The molecule has 0 bridgehead atoms. The molecule has 130 valence electrons. The zero-order chi connectivity index (χ0) is 18.0. The van der Waals surface area contributed by atoms with Crippen LogP contribution in [0.4, 0.5) is 5.82 Å². The molecule has 5 nitrogen and oxygen atoms in total. The Bertz CT molecular complexity index is 900. The van der Waals surface area contributed by atoms with E-state index in [2.05, 4.69) is 45.8 Å². The number of imidazole rings is 1. The first-order valence-electron chi connectivity index (χ1n) is 8.27. The minimum atomic E-state index is 0.00239. The van der Waals surface area contributed by atoms with Gasteiger partial charge in [0.15, 0.2) is 5.65 Å². The Kier molecular flexibility index (Phi) is 5.08. The molecule has 3 aromatic rings. The molecule has 25 heavy (non-hydrogen) atoms. The highest BCUT2D eigenvalue weighted by Crippen LogP contribution is 2.24. The molecule has 0 spiro atoms. The second-order valence-electron chi connectivity index (χ2n) is 6.42. The van der Waals surface area contributed by atoms with Crippen LogP contribution in [0.2, 0.25) is 0 Å². The fourth-order valence-corrected chi connectivity index (χ4v) is 3.10. The lowest BCUT2D eigenvalue weighted by molar-refractivity contribution is -0.116. The summed E-state index contributed by atoms with van der Waals surface area (Å²) in [5.74, 6) is 1.03. The summed E-state index contributed by atoms with van der Waals surface area (Å²) in [5.41, 5.74) is 3.39. The van der Waals surface area contributed by atoms with Gasteiger partial charge in [-0.25, -0.2) is 4.98 Å². The second-order valence-corrected chi connectivity index (χ2v) is 7.30. The molecule has 0 fully saturated rings. The third kappa shape index (κ3) is 3.85. The van der Waals surface area contributed by atoms with E-state index in [0.29, 0.717) is 18.2 Å². The SMILES string of the molecule is CSc1ccc(-c2cn3c(NC(=O)CC(C)C)c(C)nc3cn2)cc1. The molecule has 2 heterocycles. The van der Waals surface area contributed by atoms with Gasteiger partial charge in [-0.2, -0.15) is 0 Å². The molecule has 0 atom stereocenters. The van der Waals surface area contributed by atoms with Crippen molar-refractivity contribution >= 4 is 29.1 Å². The Morgan fingerprint density at radius 1 is 1.28 bits per heavy atom. The first-order chi connectivity index (χ1) is 12.0. The van der Waals surface area contributed by atoms with Gasteiger partial charge in [0.25, 0.3) is 0 Å². The van der Waals surface area contributed by atoms with Crippen molar-refractivity contribution in [1.29, 1.82) is 0 Å². The number of anilines is 1. The molecule has 0 aliphatic rings. The lowest BCUT2D eigenvalue weighted by Crippen LogP contribution is -2.15. The van der Waals surface area contributed by atoms with Crippen LogP contribution in [0.25, 0.3) is 16.9 Å². The highest BCUT2D eigenvalue weighted by Gasteiger charge is 2.14. The number of nitrogens with zero attached hydrogens (tertiary/aromatic N) is 3. The zero-order valence-corrected chi connectivity index (χ0v) is 15.7. The van der Waals surface area contributed by atoms with Crippen LogP contribution in [0.3, 0.4) is 0 Å². The molecule has 2 aromatic heterocycles. The molecular weight excluding hydrogens is 332 g/mol. The van der Waals surface area contributed by atoms with Crippen LogP contribution in [0.1, 0.15) is 26.0 Å². The fourth-order valence-electron chi connectivity index (χ4n) is 2.69. The predicted octanol–water partition coefficient (Wildman–Crippen LogP) is 4.41. The molecular formula is C19H22N4OS. The van der Waals surface area contributed by atoms with E-state index in [4.69, 9.17) is 0 Å². The van der Waals surface area contributed by atoms with Crippen molar-refractivity contribution in [2.75, 3.05) is 11.6 Å². The molecule has 6 heteroatoms. The number of carbonyl (C=O) groups is 1. The van der Waals surface area contributed by atoms with E-state index in [1.807, 2.05) is 31.4 Å². The lowest BCUT2D eigenvalue weighted by Gasteiger charge is -2.09. The Labute approximate surface area is 151 Å². The molecule has 0 radical (unpaired) electrons. The van der Waals surface area contributed by atoms with Gasteiger partial charge in [0.2, 0.25) is 5.91 Å². The number of hydrogen-bond donors (Lipinski definition) is 1. The highest BCUT2D eigenvalue weighted by molar-refractivity contribution is 7.98. The molecule has 3 rings (SSSR count). The van der Waals surface area contributed by atoms with Gasteiger partial charge in [0.05, 0.1) is 17.6 Å². The summed E-state index contributed by atoms with van der Waals surface area (Å²) in [4.78, 5) is 22.4. The van der Waals surface area contributed by atoms with E-state index in [1.165, 1.54) is 4.90 Å². The van der Waals surface area contributed by atoms with E-state index in [0.717, 1.165) is 22.6 Å². The third-order valence-corrected chi connectivity index (χ3v) is 4.66. The number of nitrogens with one attached hydrogen (secondary N) is 1. The maximum absolute atomic E-state index is 12.2. The monoisotopic (exact) mass is 354 g/mol. The van der Waals surface area contributed by atoms with E-state index in [-0.39, 0.29) is 5.91 Å². The smallest absolute Gasteiger partial charge is 0.225 e. The average molecular weight is 354 g/mol. The van der Waals surface area contributed by atoms with E-state index < -0.39 is 0 Å². The third-order valence-electron chi connectivity index (χ3n) is 3.92. The van der Waals surface area contributed by atoms with Crippen LogP contribution in [-0.4, -0.2) is 26.5 Å². The summed E-state index contributed by atoms with van der Waals surface area (Å²) in [7, 11) is 0. The molecule has 0 unspecified atom stereocenters. The number of fused-ring (bicyclic) bond motifs is 1. The minimum Gasteiger partial charge on any atom is -0.310 e. The number of benzene rings is 1. The Morgan fingerprint density at radius 3 is 2.64 bits per heavy atom. The van der Waals surface area contributed by atoms with Gasteiger partial charge in [-0.3, -0.25) is 14.2 Å². The van der Waals surface area contributed by atoms with Crippen molar-refractivity contribution in [1.82, 2.24) is 14.4 Å². The van der Waals surface area contributed by atoms with Crippen molar-refractivity contribution in [3.63, 3.8) is 0 Å². The van der Waals surface area contributed by atoms with Crippen molar-refractivity contribution < 1.29 is 4.79 Å². The number of amides is 1. The minimum absolute atomic E-state index is 0.00239. The summed E-state index contributed by atoms with van der Waals surface area (Å²) in [5, 5.41) is 2.99. The van der Waals surface area contributed by atoms with E-state index in [1.54, 1.807) is 18.0 Å². The summed E-state index contributed by atoms with van der Waals surface area (Å²) >= 11 is 1.71. The second kappa shape index (κ2) is 7.27. The molecule has 0 aliphatic carbocycles. The van der Waals surface area contributed by atoms with Gasteiger partial charge < -0.3 is 5.32 Å². The largest absolute Gasteiger partial charge is 0.310 e. The van der Waals surface area contributed by atoms with Crippen LogP contribution in [-0.2, 0) is 4.79 Å². The van der Waals surface area contributed by atoms with Crippen LogP contribution >= 0.6 is 11.8 Å². The maximum atomic E-state index is 12.2. The summed E-state index contributed by atoms with van der Waals surface area (Å²) in [6.07, 6.45) is 6.21. The van der Waals surface area contributed by atoms with Gasteiger partial charge in [0.1, 0.15) is 5.82 Å². The normalized spacial score (nSPS) is 11.2. The van der Waals surface area contributed by atoms with Gasteiger partial charge in [-0.05, 0) is 31.2 Å². The average Bonchev–Trinajstić information content (AvgIpc) is 2.89. The topological polar surface area (TPSA) is 59.3 Å². The number of thioether (sulfide) groups is 1. The Balaban J connectivity index is 1.97. The Hall–Kier alpha value is -2.34. The van der Waals surface area contributed by atoms with Gasteiger partial charge in [-0.15, -0.1) is 11.8 Å².